The third kappa shape index (κ3) is 2.44. The molecule has 2 aromatic heterocycles. The van der Waals surface area contributed by atoms with Gasteiger partial charge in [-0.15, -0.1) is 11.3 Å². The molecule has 0 saturated carbocycles. The molecule has 0 spiro atoms. The first-order valence-corrected chi connectivity index (χ1v) is 7.05. The van der Waals surface area contributed by atoms with E-state index >= 15 is 0 Å². The number of thiazole rings is 1. The standard InChI is InChI=1S/C13H14N4OS/c14-9-5-6-15-7-8(9)12(18)17-13-16-10-3-1-2-4-11(10)19-13/h5-7H,1-4H2,(H2,14,15)(H,16,17,18). The summed E-state index contributed by atoms with van der Waals surface area (Å²) in [6, 6.07) is 1.61. The van der Waals surface area contributed by atoms with E-state index in [4.69, 9.17) is 5.73 Å². The summed E-state index contributed by atoms with van der Waals surface area (Å²) in [7, 11) is 0. The van der Waals surface area contributed by atoms with Gasteiger partial charge in [-0.3, -0.25) is 15.1 Å². The minimum absolute atomic E-state index is 0.253. The van der Waals surface area contributed by atoms with E-state index in [-0.39, 0.29) is 5.91 Å². The summed E-state index contributed by atoms with van der Waals surface area (Å²) in [6.07, 6.45) is 7.50. The Labute approximate surface area is 114 Å². The average molecular weight is 274 g/mol. The fraction of sp³-hybridized carbons (Fsp3) is 0.308. The lowest BCUT2D eigenvalue weighted by Gasteiger charge is -2.06. The number of pyridine rings is 1. The number of fused-ring (bicyclic) bond motifs is 1. The van der Waals surface area contributed by atoms with Gasteiger partial charge in [0.25, 0.3) is 5.91 Å². The monoisotopic (exact) mass is 274 g/mol. The molecule has 0 bridgehead atoms. The van der Waals surface area contributed by atoms with E-state index in [1.165, 1.54) is 23.9 Å². The van der Waals surface area contributed by atoms with Gasteiger partial charge in [0.1, 0.15) is 0 Å². The molecule has 0 unspecified atom stereocenters. The van der Waals surface area contributed by atoms with Gasteiger partial charge in [-0.2, -0.15) is 0 Å². The largest absolute Gasteiger partial charge is 0.398 e. The zero-order valence-electron chi connectivity index (χ0n) is 10.3. The molecular weight excluding hydrogens is 260 g/mol. The molecule has 2 aromatic rings. The van der Waals surface area contributed by atoms with Crippen LogP contribution >= 0.6 is 11.3 Å². The number of amides is 1. The molecule has 0 fully saturated rings. The highest BCUT2D eigenvalue weighted by molar-refractivity contribution is 7.15. The summed E-state index contributed by atoms with van der Waals surface area (Å²) < 4.78 is 0. The van der Waals surface area contributed by atoms with Gasteiger partial charge in [0.15, 0.2) is 5.13 Å². The number of nitrogen functional groups attached to an aromatic ring is 1. The van der Waals surface area contributed by atoms with Crippen LogP contribution in [0.4, 0.5) is 10.8 Å². The number of anilines is 2. The van der Waals surface area contributed by atoms with E-state index in [9.17, 15) is 4.79 Å². The van der Waals surface area contributed by atoms with Gasteiger partial charge in [-0.1, -0.05) is 0 Å². The summed E-state index contributed by atoms with van der Waals surface area (Å²) in [5.74, 6) is -0.253. The number of aryl methyl sites for hydroxylation is 2. The van der Waals surface area contributed by atoms with Crippen LogP contribution in [0.15, 0.2) is 18.5 Å². The highest BCUT2D eigenvalue weighted by atomic mass is 32.1. The summed E-state index contributed by atoms with van der Waals surface area (Å²) in [5, 5.41) is 3.46. The van der Waals surface area contributed by atoms with E-state index in [0.717, 1.165) is 18.5 Å². The summed E-state index contributed by atoms with van der Waals surface area (Å²) in [6.45, 7) is 0. The number of hydrogen-bond acceptors (Lipinski definition) is 5. The van der Waals surface area contributed by atoms with E-state index in [2.05, 4.69) is 15.3 Å². The number of carbonyl (C=O) groups is 1. The number of nitrogens with one attached hydrogen (secondary N) is 1. The SMILES string of the molecule is Nc1ccncc1C(=O)Nc1nc2c(s1)CCCC2. The molecule has 3 rings (SSSR count). The molecule has 0 aromatic carbocycles. The Kier molecular flexibility index (Phi) is 3.16. The van der Waals surface area contributed by atoms with Crippen molar-refractivity contribution in [2.75, 3.05) is 11.1 Å². The highest BCUT2D eigenvalue weighted by Gasteiger charge is 2.17. The molecule has 1 aliphatic carbocycles. The summed E-state index contributed by atoms with van der Waals surface area (Å²) in [5.41, 5.74) is 7.69. The van der Waals surface area contributed by atoms with Gasteiger partial charge in [0, 0.05) is 23.0 Å². The first-order chi connectivity index (χ1) is 9.24. The van der Waals surface area contributed by atoms with Gasteiger partial charge in [0.05, 0.1) is 11.3 Å². The van der Waals surface area contributed by atoms with Crippen LogP contribution in [0.3, 0.4) is 0 Å². The van der Waals surface area contributed by atoms with Crippen molar-refractivity contribution in [1.82, 2.24) is 9.97 Å². The molecule has 1 aliphatic rings. The molecule has 0 atom stereocenters. The number of nitrogens with zero attached hydrogens (tertiary/aromatic N) is 2. The molecule has 2 heterocycles. The van der Waals surface area contributed by atoms with E-state index in [1.54, 1.807) is 23.6 Å². The maximum absolute atomic E-state index is 12.1. The average Bonchev–Trinajstić information content (AvgIpc) is 2.81. The van der Waals surface area contributed by atoms with Crippen molar-refractivity contribution >= 4 is 28.1 Å². The second-order valence-electron chi connectivity index (χ2n) is 4.51. The molecule has 19 heavy (non-hydrogen) atoms. The first-order valence-electron chi connectivity index (χ1n) is 6.23. The Bertz CT molecular complexity index is 599. The maximum Gasteiger partial charge on any atom is 0.261 e. The Balaban J connectivity index is 1.80. The smallest absolute Gasteiger partial charge is 0.261 e. The van der Waals surface area contributed by atoms with Crippen molar-refractivity contribution in [3.8, 4) is 0 Å². The van der Waals surface area contributed by atoms with Gasteiger partial charge < -0.3 is 5.73 Å². The lowest BCUT2D eigenvalue weighted by atomic mass is 10.0. The molecule has 0 radical (unpaired) electrons. The third-order valence-electron chi connectivity index (χ3n) is 3.17. The van der Waals surface area contributed by atoms with Crippen molar-refractivity contribution in [2.24, 2.45) is 0 Å². The van der Waals surface area contributed by atoms with Crippen molar-refractivity contribution in [3.63, 3.8) is 0 Å². The Morgan fingerprint density at radius 1 is 1.37 bits per heavy atom. The molecular formula is C13H14N4OS. The lowest BCUT2D eigenvalue weighted by molar-refractivity contribution is 0.102. The normalized spacial score (nSPS) is 13.9. The zero-order valence-corrected chi connectivity index (χ0v) is 11.2. The molecule has 1 amide bonds. The van der Waals surface area contributed by atoms with Crippen molar-refractivity contribution in [3.05, 3.63) is 34.6 Å². The molecule has 6 heteroatoms. The fourth-order valence-electron chi connectivity index (χ4n) is 2.16. The highest BCUT2D eigenvalue weighted by Crippen LogP contribution is 2.29. The Morgan fingerprint density at radius 2 is 2.21 bits per heavy atom. The number of rotatable bonds is 2. The molecule has 0 saturated heterocycles. The van der Waals surface area contributed by atoms with Gasteiger partial charge >= 0.3 is 0 Å². The summed E-state index contributed by atoms with van der Waals surface area (Å²) >= 11 is 1.56. The van der Waals surface area contributed by atoms with Gasteiger partial charge in [0.2, 0.25) is 0 Å². The predicted molar refractivity (Wildman–Crippen MR) is 75.4 cm³/mol. The van der Waals surface area contributed by atoms with Crippen LogP contribution in [0.5, 0.6) is 0 Å². The van der Waals surface area contributed by atoms with Crippen molar-refractivity contribution < 1.29 is 4.79 Å². The van der Waals surface area contributed by atoms with E-state index < -0.39 is 0 Å². The Morgan fingerprint density at radius 3 is 3.00 bits per heavy atom. The molecule has 98 valence electrons. The topological polar surface area (TPSA) is 80.9 Å². The predicted octanol–water partition coefficient (Wildman–Crippen LogP) is 2.25. The van der Waals surface area contributed by atoms with Crippen LogP contribution < -0.4 is 11.1 Å². The van der Waals surface area contributed by atoms with Crippen molar-refractivity contribution in [1.29, 1.82) is 0 Å². The van der Waals surface area contributed by atoms with Crippen LogP contribution in [0.2, 0.25) is 0 Å². The van der Waals surface area contributed by atoms with E-state index in [0.29, 0.717) is 16.4 Å². The van der Waals surface area contributed by atoms with Crippen LogP contribution in [0.25, 0.3) is 0 Å². The number of aromatic nitrogens is 2. The molecule has 3 N–H and O–H groups in total. The number of nitrogens with two attached hydrogens (primary N) is 1. The third-order valence-corrected chi connectivity index (χ3v) is 4.24. The lowest BCUT2D eigenvalue weighted by Crippen LogP contribution is -2.14. The molecule has 5 nitrogen and oxygen atoms in total. The van der Waals surface area contributed by atoms with Crippen LogP contribution in [-0.4, -0.2) is 15.9 Å². The first kappa shape index (κ1) is 12.1. The van der Waals surface area contributed by atoms with Crippen molar-refractivity contribution in [2.45, 2.75) is 25.7 Å². The second kappa shape index (κ2) is 4.97. The van der Waals surface area contributed by atoms with Crippen LogP contribution in [0, 0.1) is 0 Å². The van der Waals surface area contributed by atoms with E-state index in [1.807, 2.05) is 0 Å². The van der Waals surface area contributed by atoms with Gasteiger partial charge in [-0.05, 0) is 31.7 Å². The Hall–Kier alpha value is -1.95. The maximum atomic E-state index is 12.1. The minimum Gasteiger partial charge on any atom is -0.398 e. The van der Waals surface area contributed by atoms with Crippen LogP contribution in [0.1, 0.15) is 33.8 Å². The minimum atomic E-state index is -0.253. The molecule has 0 aliphatic heterocycles. The van der Waals surface area contributed by atoms with Crippen LogP contribution in [-0.2, 0) is 12.8 Å². The quantitative estimate of drug-likeness (QED) is 0.880. The summed E-state index contributed by atoms with van der Waals surface area (Å²) in [4.78, 5) is 21.8. The number of carbonyl (C=O) groups excluding carboxylic acids is 1. The fourth-order valence-corrected chi connectivity index (χ4v) is 3.21. The zero-order chi connectivity index (χ0) is 13.2. The van der Waals surface area contributed by atoms with Gasteiger partial charge in [-0.25, -0.2) is 4.98 Å². The second-order valence-corrected chi connectivity index (χ2v) is 5.60. The number of hydrogen-bond donors (Lipinski definition) is 2.